The molecule has 2 aromatic heterocycles. The van der Waals surface area contributed by atoms with E-state index in [1.54, 1.807) is 11.3 Å². The molecule has 0 amide bonds. The number of hydrogen-bond donors (Lipinski definition) is 1. The van der Waals surface area contributed by atoms with Gasteiger partial charge in [-0.25, -0.2) is 9.97 Å². The van der Waals surface area contributed by atoms with Crippen molar-refractivity contribution in [1.29, 1.82) is 0 Å². The van der Waals surface area contributed by atoms with Gasteiger partial charge in [-0.15, -0.1) is 11.3 Å². The summed E-state index contributed by atoms with van der Waals surface area (Å²) in [6, 6.07) is 7.05. The molecule has 2 fully saturated rings. The minimum Gasteiger partial charge on any atom is -0.381 e. The largest absolute Gasteiger partial charge is 0.381 e. The van der Waals surface area contributed by atoms with E-state index in [-0.39, 0.29) is 0 Å². The minimum absolute atomic E-state index is 0.563. The summed E-state index contributed by atoms with van der Waals surface area (Å²) in [6.07, 6.45) is 4.77. The summed E-state index contributed by atoms with van der Waals surface area (Å²) in [5, 5.41) is 4.31. The summed E-state index contributed by atoms with van der Waals surface area (Å²) in [7, 11) is 0. The van der Waals surface area contributed by atoms with Crippen LogP contribution in [0.3, 0.4) is 0 Å². The average molecular weight is 373 g/mol. The smallest absolute Gasteiger partial charge is 0.188 e. The van der Waals surface area contributed by atoms with Crippen molar-refractivity contribution in [2.24, 2.45) is 0 Å². The molecule has 2 aliphatic heterocycles. The van der Waals surface area contributed by atoms with Gasteiger partial charge in [0, 0.05) is 35.7 Å². The standard InChI is InChI=1S/C20H28N4OS/c1-14-15(2)26-20(21-14)23-19-5-3-4-18(22-19)16-6-10-24(11-7-16)17-8-12-25-13-9-17/h3-5,16-17H,6-13H2,1-2H3,(H,21,22,23). The third-order valence-corrected chi connectivity index (χ3v) is 6.68. The fraction of sp³-hybridized carbons (Fsp3) is 0.600. The van der Waals surface area contributed by atoms with Crippen molar-refractivity contribution in [3.8, 4) is 0 Å². The van der Waals surface area contributed by atoms with E-state index in [2.05, 4.69) is 34.3 Å². The molecular formula is C20H28N4OS. The van der Waals surface area contributed by atoms with Crippen LogP contribution in [0.4, 0.5) is 10.9 Å². The van der Waals surface area contributed by atoms with Gasteiger partial charge in [-0.1, -0.05) is 6.07 Å². The van der Waals surface area contributed by atoms with Crippen LogP contribution in [-0.2, 0) is 4.74 Å². The first-order valence-electron chi connectivity index (χ1n) is 9.69. The second-order valence-corrected chi connectivity index (χ2v) is 8.59. The van der Waals surface area contributed by atoms with Crippen LogP contribution in [-0.4, -0.2) is 47.2 Å². The molecule has 140 valence electrons. The lowest BCUT2D eigenvalue weighted by Crippen LogP contribution is -2.43. The quantitative estimate of drug-likeness (QED) is 0.869. The minimum atomic E-state index is 0.563. The molecule has 0 atom stereocenters. The molecule has 0 unspecified atom stereocenters. The van der Waals surface area contributed by atoms with Crippen molar-refractivity contribution in [1.82, 2.24) is 14.9 Å². The van der Waals surface area contributed by atoms with E-state index >= 15 is 0 Å². The molecule has 2 aliphatic rings. The van der Waals surface area contributed by atoms with E-state index in [1.807, 2.05) is 13.0 Å². The van der Waals surface area contributed by atoms with Gasteiger partial charge in [-0.2, -0.15) is 0 Å². The van der Waals surface area contributed by atoms with Crippen LogP contribution in [0.2, 0.25) is 0 Å². The summed E-state index contributed by atoms with van der Waals surface area (Å²) < 4.78 is 5.50. The van der Waals surface area contributed by atoms with Gasteiger partial charge in [-0.05, 0) is 64.8 Å². The lowest BCUT2D eigenvalue weighted by molar-refractivity contribution is 0.0250. The Bertz CT molecular complexity index is 714. The van der Waals surface area contributed by atoms with Crippen LogP contribution >= 0.6 is 11.3 Å². The predicted molar refractivity (Wildman–Crippen MR) is 106 cm³/mol. The van der Waals surface area contributed by atoms with Gasteiger partial charge in [0.1, 0.15) is 5.82 Å². The molecule has 1 N–H and O–H groups in total. The molecule has 0 aromatic carbocycles. The maximum Gasteiger partial charge on any atom is 0.188 e. The summed E-state index contributed by atoms with van der Waals surface area (Å²) in [6.45, 7) is 8.37. The number of pyridine rings is 1. The zero-order chi connectivity index (χ0) is 17.9. The van der Waals surface area contributed by atoms with Crippen molar-refractivity contribution >= 4 is 22.3 Å². The maximum atomic E-state index is 5.50. The molecule has 0 spiro atoms. The first-order chi connectivity index (χ1) is 12.7. The number of nitrogens with one attached hydrogen (secondary N) is 1. The number of ether oxygens (including phenoxy) is 1. The third-order valence-electron chi connectivity index (χ3n) is 5.69. The molecule has 2 saturated heterocycles. The van der Waals surface area contributed by atoms with Crippen LogP contribution in [0.5, 0.6) is 0 Å². The molecule has 5 nitrogen and oxygen atoms in total. The van der Waals surface area contributed by atoms with Crippen molar-refractivity contribution in [2.45, 2.75) is 51.5 Å². The monoisotopic (exact) mass is 372 g/mol. The molecule has 4 rings (SSSR count). The number of thiazole rings is 1. The molecule has 2 aromatic rings. The van der Waals surface area contributed by atoms with E-state index in [4.69, 9.17) is 9.72 Å². The maximum absolute atomic E-state index is 5.50. The summed E-state index contributed by atoms with van der Waals surface area (Å²) in [5.41, 5.74) is 2.31. The Hall–Kier alpha value is -1.50. The number of aryl methyl sites for hydroxylation is 2. The Balaban J connectivity index is 1.37. The van der Waals surface area contributed by atoms with Gasteiger partial charge in [0.15, 0.2) is 5.13 Å². The van der Waals surface area contributed by atoms with E-state index in [0.29, 0.717) is 5.92 Å². The highest BCUT2D eigenvalue weighted by molar-refractivity contribution is 7.15. The van der Waals surface area contributed by atoms with E-state index in [0.717, 1.165) is 35.9 Å². The molecule has 26 heavy (non-hydrogen) atoms. The number of piperidine rings is 1. The molecule has 0 radical (unpaired) electrons. The van der Waals surface area contributed by atoms with Crippen molar-refractivity contribution in [2.75, 3.05) is 31.6 Å². The number of hydrogen-bond acceptors (Lipinski definition) is 6. The summed E-state index contributed by atoms with van der Waals surface area (Å²) in [4.78, 5) is 13.4. The Labute approximate surface area is 159 Å². The van der Waals surface area contributed by atoms with Gasteiger partial charge in [0.2, 0.25) is 0 Å². The van der Waals surface area contributed by atoms with Crippen molar-refractivity contribution in [3.05, 3.63) is 34.5 Å². The van der Waals surface area contributed by atoms with Gasteiger partial charge >= 0.3 is 0 Å². The lowest BCUT2D eigenvalue weighted by atomic mass is 9.91. The first-order valence-corrected chi connectivity index (χ1v) is 10.5. The van der Waals surface area contributed by atoms with Crippen molar-refractivity contribution < 1.29 is 4.74 Å². The fourth-order valence-corrected chi connectivity index (χ4v) is 4.82. The second kappa shape index (κ2) is 8.03. The SMILES string of the molecule is Cc1nc(Nc2cccc(C3CCN(C4CCOCC4)CC3)n2)sc1C. The summed E-state index contributed by atoms with van der Waals surface area (Å²) in [5.74, 6) is 1.47. The van der Waals surface area contributed by atoms with Crippen LogP contribution in [0.15, 0.2) is 18.2 Å². The van der Waals surface area contributed by atoms with E-state index in [9.17, 15) is 0 Å². The molecule has 0 saturated carbocycles. The number of aromatic nitrogens is 2. The van der Waals surface area contributed by atoms with E-state index in [1.165, 1.54) is 49.3 Å². The predicted octanol–water partition coefficient (Wildman–Crippen LogP) is 4.26. The molecule has 0 aliphatic carbocycles. The second-order valence-electron chi connectivity index (χ2n) is 7.39. The Morgan fingerprint density at radius 1 is 1.08 bits per heavy atom. The van der Waals surface area contributed by atoms with Crippen LogP contribution in [0.1, 0.15) is 47.9 Å². The normalized spacial score (nSPS) is 20.4. The zero-order valence-electron chi connectivity index (χ0n) is 15.7. The van der Waals surface area contributed by atoms with Gasteiger partial charge in [-0.3, -0.25) is 0 Å². The van der Waals surface area contributed by atoms with Crippen molar-refractivity contribution in [3.63, 3.8) is 0 Å². The Kier molecular flexibility index (Phi) is 5.52. The van der Waals surface area contributed by atoms with Crippen LogP contribution < -0.4 is 5.32 Å². The average Bonchev–Trinajstić information content (AvgIpc) is 3.00. The van der Waals surface area contributed by atoms with Gasteiger partial charge < -0.3 is 15.0 Å². The van der Waals surface area contributed by atoms with Gasteiger partial charge in [0.25, 0.3) is 0 Å². The Morgan fingerprint density at radius 3 is 2.54 bits per heavy atom. The molecule has 4 heterocycles. The molecule has 6 heteroatoms. The topological polar surface area (TPSA) is 50.3 Å². The van der Waals surface area contributed by atoms with Gasteiger partial charge in [0.05, 0.1) is 5.69 Å². The number of nitrogens with zero attached hydrogens (tertiary/aromatic N) is 3. The van der Waals surface area contributed by atoms with Crippen LogP contribution in [0, 0.1) is 13.8 Å². The summed E-state index contributed by atoms with van der Waals surface area (Å²) >= 11 is 1.69. The number of rotatable bonds is 4. The highest BCUT2D eigenvalue weighted by Gasteiger charge is 2.27. The number of likely N-dealkylation sites (tertiary alicyclic amines) is 1. The first kappa shape index (κ1) is 17.9. The van der Waals surface area contributed by atoms with Crippen LogP contribution in [0.25, 0.3) is 0 Å². The molecule has 0 bridgehead atoms. The lowest BCUT2D eigenvalue weighted by Gasteiger charge is -2.39. The fourth-order valence-electron chi connectivity index (χ4n) is 3.99. The zero-order valence-corrected chi connectivity index (χ0v) is 16.5. The number of anilines is 2. The molecular weight excluding hydrogens is 344 g/mol. The highest BCUT2D eigenvalue weighted by Crippen LogP contribution is 2.31. The highest BCUT2D eigenvalue weighted by atomic mass is 32.1. The Morgan fingerprint density at radius 2 is 1.85 bits per heavy atom. The third kappa shape index (κ3) is 4.08. The van der Waals surface area contributed by atoms with E-state index < -0.39 is 0 Å².